The third-order valence-electron chi connectivity index (χ3n) is 1.96. The number of nitrogens with one attached hydrogen (secondary N) is 1. The molecule has 2 heterocycles. The van der Waals surface area contributed by atoms with Crippen LogP contribution >= 0.6 is 0 Å². The molecule has 6 nitrogen and oxygen atoms in total. The Balaban J connectivity index is 2.31. The number of amidine groups is 1. The molecule has 2 aromatic rings. The van der Waals surface area contributed by atoms with Crippen LogP contribution in [0.4, 0.5) is 0 Å². The monoisotopic (exact) mass is 217 g/mol. The van der Waals surface area contributed by atoms with Gasteiger partial charge in [-0.25, -0.2) is 4.98 Å². The van der Waals surface area contributed by atoms with Gasteiger partial charge >= 0.3 is 0 Å². The smallest absolute Gasteiger partial charge is 0.230 e. The fourth-order valence-electron chi connectivity index (χ4n) is 1.24. The Morgan fingerprint density at radius 2 is 2.38 bits per heavy atom. The Kier molecular flexibility index (Phi) is 2.55. The van der Waals surface area contributed by atoms with E-state index in [-0.39, 0.29) is 5.84 Å². The summed E-state index contributed by atoms with van der Waals surface area (Å²) in [5.74, 6) is 0.790. The first kappa shape index (κ1) is 10.2. The molecule has 6 heteroatoms. The van der Waals surface area contributed by atoms with Crippen LogP contribution in [0.25, 0.3) is 0 Å². The highest BCUT2D eigenvalue weighted by molar-refractivity contribution is 5.97. The van der Waals surface area contributed by atoms with E-state index in [1.54, 1.807) is 42.5 Å². The van der Waals surface area contributed by atoms with Gasteiger partial charge in [-0.1, -0.05) is 0 Å². The number of rotatable bonds is 3. The molecule has 0 unspecified atom stereocenters. The molecule has 82 valence electrons. The minimum absolute atomic E-state index is 0.0769. The molecule has 2 rings (SSSR count). The van der Waals surface area contributed by atoms with E-state index in [1.165, 1.54) is 0 Å². The first-order valence-corrected chi connectivity index (χ1v) is 4.63. The Hall–Kier alpha value is -2.37. The van der Waals surface area contributed by atoms with Gasteiger partial charge in [-0.2, -0.15) is 5.10 Å². The molecule has 0 saturated carbocycles. The molecule has 2 aromatic heterocycles. The number of hydrogen-bond donors (Lipinski definition) is 2. The summed E-state index contributed by atoms with van der Waals surface area (Å²) in [5.41, 5.74) is 5.88. The summed E-state index contributed by atoms with van der Waals surface area (Å²) in [6.45, 7) is 0. The van der Waals surface area contributed by atoms with E-state index in [4.69, 9.17) is 15.9 Å². The van der Waals surface area contributed by atoms with Gasteiger partial charge in [0.05, 0.1) is 18.0 Å². The highest BCUT2D eigenvalue weighted by Gasteiger charge is 2.09. The van der Waals surface area contributed by atoms with Crippen LogP contribution in [0.15, 0.2) is 30.7 Å². The lowest BCUT2D eigenvalue weighted by molar-refractivity contribution is 0.461. The molecule has 0 atom stereocenters. The second-order valence-corrected chi connectivity index (χ2v) is 3.22. The van der Waals surface area contributed by atoms with Crippen LogP contribution in [-0.4, -0.2) is 20.6 Å². The molecule has 16 heavy (non-hydrogen) atoms. The van der Waals surface area contributed by atoms with Crippen molar-refractivity contribution in [2.45, 2.75) is 0 Å². The highest BCUT2D eigenvalue weighted by atomic mass is 16.5. The minimum atomic E-state index is -0.0769. The van der Waals surface area contributed by atoms with E-state index >= 15 is 0 Å². The number of nitrogen functional groups attached to an aromatic ring is 1. The number of aromatic nitrogens is 3. The lowest BCUT2D eigenvalue weighted by Crippen LogP contribution is -2.12. The standard InChI is InChI=1S/C10H11N5O/c1-15-6-7(5-14-15)16-10-8(9(11)12)3-2-4-13-10/h2-6H,1H3,(H3,11,12). The van der Waals surface area contributed by atoms with Crippen molar-refractivity contribution in [3.63, 3.8) is 0 Å². The van der Waals surface area contributed by atoms with Gasteiger partial charge < -0.3 is 10.5 Å². The molecule has 0 aliphatic heterocycles. The quantitative estimate of drug-likeness (QED) is 0.590. The molecule has 0 bridgehead atoms. The van der Waals surface area contributed by atoms with Crippen LogP contribution in [0.1, 0.15) is 5.56 Å². The normalized spacial score (nSPS) is 10.1. The Bertz CT molecular complexity index is 519. The molecule has 0 aliphatic rings. The number of pyridine rings is 1. The molecule has 3 N–H and O–H groups in total. The second-order valence-electron chi connectivity index (χ2n) is 3.22. The molecule has 0 amide bonds. The summed E-state index contributed by atoms with van der Waals surface area (Å²) in [5, 5.41) is 11.4. The zero-order valence-corrected chi connectivity index (χ0v) is 8.71. The molecular weight excluding hydrogens is 206 g/mol. The Morgan fingerprint density at radius 1 is 1.56 bits per heavy atom. The average molecular weight is 217 g/mol. The van der Waals surface area contributed by atoms with Crippen LogP contribution < -0.4 is 10.5 Å². The van der Waals surface area contributed by atoms with Gasteiger partial charge in [0.25, 0.3) is 0 Å². The van der Waals surface area contributed by atoms with Crippen molar-refractivity contribution in [1.82, 2.24) is 14.8 Å². The van der Waals surface area contributed by atoms with Gasteiger partial charge in [-0.05, 0) is 12.1 Å². The van der Waals surface area contributed by atoms with Crippen molar-refractivity contribution < 1.29 is 4.74 Å². The molecule has 0 aliphatic carbocycles. The van der Waals surface area contributed by atoms with Crippen molar-refractivity contribution in [2.24, 2.45) is 12.8 Å². The van der Waals surface area contributed by atoms with Crippen molar-refractivity contribution in [3.8, 4) is 11.6 Å². The van der Waals surface area contributed by atoms with Gasteiger partial charge in [-0.15, -0.1) is 0 Å². The summed E-state index contributed by atoms with van der Waals surface area (Å²) in [6.07, 6.45) is 4.86. The number of hydrogen-bond acceptors (Lipinski definition) is 4. The van der Waals surface area contributed by atoms with Crippen LogP contribution in [-0.2, 0) is 7.05 Å². The SMILES string of the molecule is Cn1cc(Oc2ncccc2C(=N)N)cn1. The van der Waals surface area contributed by atoms with Crippen LogP contribution in [0.5, 0.6) is 11.6 Å². The number of nitrogens with two attached hydrogens (primary N) is 1. The highest BCUT2D eigenvalue weighted by Crippen LogP contribution is 2.21. The van der Waals surface area contributed by atoms with Gasteiger partial charge in [0.15, 0.2) is 5.75 Å². The fraction of sp³-hybridized carbons (Fsp3) is 0.100. The van der Waals surface area contributed by atoms with Crippen molar-refractivity contribution in [3.05, 3.63) is 36.3 Å². The maximum Gasteiger partial charge on any atom is 0.230 e. The topological polar surface area (TPSA) is 89.8 Å². The summed E-state index contributed by atoms with van der Waals surface area (Å²) < 4.78 is 7.09. The van der Waals surface area contributed by atoms with Crippen molar-refractivity contribution in [2.75, 3.05) is 0 Å². The molecule has 0 aromatic carbocycles. The van der Waals surface area contributed by atoms with Gasteiger partial charge in [0, 0.05) is 13.2 Å². The first-order chi connectivity index (χ1) is 7.66. The molecule has 0 saturated heterocycles. The van der Waals surface area contributed by atoms with Crippen LogP contribution in [0.3, 0.4) is 0 Å². The molecule has 0 spiro atoms. The second kappa shape index (κ2) is 4.01. The minimum Gasteiger partial charge on any atom is -0.435 e. The summed E-state index contributed by atoms with van der Waals surface area (Å²) in [7, 11) is 1.79. The third-order valence-corrected chi connectivity index (χ3v) is 1.96. The maximum atomic E-state index is 7.38. The maximum absolute atomic E-state index is 7.38. The lowest BCUT2D eigenvalue weighted by Gasteiger charge is -2.06. The number of nitrogens with zero attached hydrogens (tertiary/aromatic N) is 3. The largest absolute Gasteiger partial charge is 0.435 e. The van der Waals surface area contributed by atoms with Gasteiger partial charge in [0.2, 0.25) is 5.88 Å². The van der Waals surface area contributed by atoms with E-state index in [0.29, 0.717) is 17.2 Å². The number of ether oxygens (including phenoxy) is 1. The van der Waals surface area contributed by atoms with Gasteiger partial charge in [-0.3, -0.25) is 10.1 Å². The van der Waals surface area contributed by atoms with Crippen LogP contribution in [0, 0.1) is 5.41 Å². The first-order valence-electron chi connectivity index (χ1n) is 4.63. The van der Waals surface area contributed by atoms with E-state index in [9.17, 15) is 0 Å². The lowest BCUT2D eigenvalue weighted by atomic mass is 10.2. The van der Waals surface area contributed by atoms with Gasteiger partial charge in [0.1, 0.15) is 5.84 Å². The van der Waals surface area contributed by atoms with E-state index < -0.39 is 0 Å². The molecule has 0 fully saturated rings. The van der Waals surface area contributed by atoms with Crippen molar-refractivity contribution >= 4 is 5.84 Å². The fourth-order valence-corrected chi connectivity index (χ4v) is 1.24. The molecule has 0 radical (unpaired) electrons. The average Bonchev–Trinajstić information content (AvgIpc) is 2.64. The molecular formula is C10H11N5O. The zero-order chi connectivity index (χ0) is 11.5. The predicted octanol–water partition coefficient (Wildman–Crippen LogP) is 0.891. The van der Waals surface area contributed by atoms with Crippen LogP contribution in [0.2, 0.25) is 0 Å². The van der Waals surface area contributed by atoms with Crippen molar-refractivity contribution in [1.29, 1.82) is 5.41 Å². The van der Waals surface area contributed by atoms with E-state index in [2.05, 4.69) is 10.1 Å². The zero-order valence-electron chi connectivity index (χ0n) is 8.71. The summed E-state index contributed by atoms with van der Waals surface area (Å²) in [6, 6.07) is 3.38. The predicted molar refractivity (Wildman–Crippen MR) is 58.5 cm³/mol. The Morgan fingerprint density at radius 3 is 3.00 bits per heavy atom. The summed E-state index contributed by atoms with van der Waals surface area (Å²) in [4.78, 5) is 4.02. The van der Waals surface area contributed by atoms with E-state index in [0.717, 1.165) is 0 Å². The number of aryl methyl sites for hydroxylation is 1. The Labute approximate surface area is 92.2 Å². The third kappa shape index (κ3) is 2.00. The van der Waals surface area contributed by atoms with E-state index in [1.807, 2.05) is 0 Å². The summed E-state index contributed by atoms with van der Waals surface area (Å²) >= 11 is 0.